The maximum atomic E-state index is 9.23. The summed E-state index contributed by atoms with van der Waals surface area (Å²) < 4.78 is 11.9. The van der Waals surface area contributed by atoms with Crippen molar-refractivity contribution in [2.45, 2.75) is 71.0 Å². The molecule has 2 atom stereocenters. The maximum absolute atomic E-state index is 9.23. The molecule has 0 heterocycles. The van der Waals surface area contributed by atoms with Gasteiger partial charge < -0.3 is 19.7 Å². The lowest BCUT2D eigenvalue weighted by Crippen LogP contribution is -2.21. The molecule has 2 rings (SSSR count). The zero-order chi connectivity index (χ0) is 24.8. The zero-order valence-corrected chi connectivity index (χ0v) is 22.5. The van der Waals surface area contributed by atoms with Crippen molar-refractivity contribution in [3.8, 4) is 11.5 Å². The molecule has 4 nitrogen and oxygen atoms in total. The minimum atomic E-state index is -0.526. The standard InChI is InChI=1S/C25H32Cl4O4/c1-5-17(7-9-30)32-23-19(26)11-15(12-20(23)27)25(3,4)16-13-21(28)24(22(29)14-16)33-18(6-2)8-10-31/h11-14,17-18,30-31H,5-10H2,1-4H3. The molecular weight excluding hydrogens is 506 g/mol. The van der Waals surface area contributed by atoms with Gasteiger partial charge in [0.15, 0.2) is 11.5 Å². The molecule has 0 aliphatic rings. The molecule has 2 aromatic rings. The van der Waals surface area contributed by atoms with Gasteiger partial charge >= 0.3 is 0 Å². The second-order valence-corrected chi connectivity index (χ2v) is 10.1. The van der Waals surface area contributed by atoms with Crippen LogP contribution in [-0.4, -0.2) is 35.6 Å². The first-order chi connectivity index (χ1) is 15.6. The van der Waals surface area contributed by atoms with Gasteiger partial charge in [0.05, 0.1) is 20.1 Å². The molecule has 2 aromatic carbocycles. The first-order valence-electron chi connectivity index (χ1n) is 11.1. The molecule has 0 saturated heterocycles. The van der Waals surface area contributed by atoms with Crippen LogP contribution < -0.4 is 9.47 Å². The first-order valence-corrected chi connectivity index (χ1v) is 12.6. The number of halogens is 4. The van der Waals surface area contributed by atoms with Crippen LogP contribution in [0.2, 0.25) is 20.1 Å². The quantitative estimate of drug-likeness (QED) is 0.291. The highest BCUT2D eigenvalue weighted by Gasteiger charge is 2.28. The average Bonchev–Trinajstić information content (AvgIpc) is 2.76. The largest absolute Gasteiger partial charge is 0.487 e. The lowest BCUT2D eigenvalue weighted by Gasteiger charge is -2.29. The van der Waals surface area contributed by atoms with Crippen molar-refractivity contribution in [3.05, 3.63) is 55.5 Å². The lowest BCUT2D eigenvalue weighted by atomic mass is 9.78. The van der Waals surface area contributed by atoms with Gasteiger partial charge in [0.25, 0.3) is 0 Å². The topological polar surface area (TPSA) is 58.9 Å². The van der Waals surface area contributed by atoms with Crippen LogP contribution in [0.25, 0.3) is 0 Å². The van der Waals surface area contributed by atoms with Gasteiger partial charge in [0.2, 0.25) is 0 Å². The van der Waals surface area contributed by atoms with Crippen molar-refractivity contribution in [2.75, 3.05) is 13.2 Å². The van der Waals surface area contributed by atoms with Crippen LogP contribution in [0.1, 0.15) is 64.5 Å². The first kappa shape index (κ1) is 28.4. The smallest absolute Gasteiger partial charge is 0.156 e. The Morgan fingerprint density at radius 1 is 0.697 bits per heavy atom. The van der Waals surface area contributed by atoms with Crippen LogP contribution in [0.3, 0.4) is 0 Å². The SMILES string of the molecule is CCC(CCO)Oc1c(Cl)cc(C(C)(C)c2cc(Cl)c(OC(CC)CCO)c(Cl)c2)cc1Cl. The van der Waals surface area contributed by atoms with E-state index in [4.69, 9.17) is 55.9 Å². The monoisotopic (exact) mass is 536 g/mol. The lowest BCUT2D eigenvalue weighted by molar-refractivity contribution is 0.150. The second-order valence-electron chi connectivity index (χ2n) is 8.48. The van der Waals surface area contributed by atoms with Crippen LogP contribution in [0.15, 0.2) is 24.3 Å². The second kappa shape index (κ2) is 12.7. The molecule has 0 aliphatic heterocycles. The van der Waals surface area contributed by atoms with Gasteiger partial charge in [-0.15, -0.1) is 0 Å². The number of aliphatic hydroxyl groups is 2. The van der Waals surface area contributed by atoms with E-state index >= 15 is 0 Å². The normalized spacial score (nSPS) is 13.6. The van der Waals surface area contributed by atoms with Crippen molar-refractivity contribution >= 4 is 46.4 Å². The van der Waals surface area contributed by atoms with Gasteiger partial charge in [-0.1, -0.05) is 74.1 Å². The predicted molar refractivity (Wildman–Crippen MR) is 138 cm³/mol. The Balaban J connectivity index is 2.39. The summed E-state index contributed by atoms with van der Waals surface area (Å²) in [5.41, 5.74) is 1.21. The van der Waals surface area contributed by atoms with Gasteiger partial charge in [-0.3, -0.25) is 0 Å². The molecule has 2 N–H and O–H groups in total. The number of aliphatic hydroxyl groups excluding tert-OH is 2. The van der Waals surface area contributed by atoms with Gasteiger partial charge in [-0.05, 0) is 48.2 Å². The minimum absolute atomic E-state index is 0.0269. The fraction of sp³-hybridized carbons (Fsp3) is 0.520. The van der Waals surface area contributed by atoms with Crippen LogP contribution in [0.4, 0.5) is 0 Å². The van der Waals surface area contributed by atoms with Crippen LogP contribution in [0.5, 0.6) is 11.5 Å². The fourth-order valence-electron chi connectivity index (χ4n) is 3.55. The Labute approximate surface area is 216 Å². The third-order valence-electron chi connectivity index (χ3n) is 5.82. The number of hydrogen-bond donors (Lipinski definition) is 2. The van der Waals surface area contributed by atoms with E-state index in [1.165, 1.54) is 0 Å². The highest BCUT2D eigenvalue weighted by Crippen LogP contribution is 2.44. The molecule has 2 unspecified atom stereocenters. The Morgan fingerprint density at radius 2 is 1.00 bits per heavy atom. The van der Waals surface area contributed by atoms with E-state index in [1.54, 1.807) is 0 Å². The Morgan fingerprint density at radius 3 is 1.24 bits per heavy atom. The van der Waals surface area contributed by atoms with Crippen molar-refractivity contribution in [1.82, 2.24) is 0 Å². The van der Waals surface area contributed by atoms with Crippen LogP contribution in [0, 0.1) is 0 Å². The number of rotatable bonds is 12. The number of hydrogen-bond acceptors (Lipinski definition) is 4. The van der Waals surface area contributed by atoms with E-state index in [0.717, 1.165) is 24.0 Å². The molecule has 0 spiro atoms. The summed E-state index contributed by atoms with van der Waals surface area (Å²) in [5, 5.41) is 20.0. The molecule has 8 heteroatoms. The Hall–Kier alpha value is -0.880. The van der Waals surface area contributed by atoms with Crippen molar-refractivity contribution in [1.29, 1.82) is 0 Å². The van der Waals surface area contributed by atoms with Gasteiger partial charge in [-0.2, -0.15) is 0 Å². The summed E-state index contributed by atoms with van der Waals surface area (Å²) in [6.45, 7) is 8.07. The minimum Gasteiger partial charge on any atom is -0.487 e. The summed E-state index contributed by atoms with van der Waals surface area (Å²) in [6.07, 6.45) is 2.10. The Kier molecular flexibility index (Phi) is 10.9. The van der Waals surface area contributed by atoms with Crippen molar-refractivity contribution in [3.63, 3.8) is 0 Å². The summed E-state index contributed by atoms with van der Waals surface area (Å²) in [5.74, 6) is 0.819. The van der Waals surface area contributed by atoms with E-state index in [-0.39, 0.29) is 25.4 Å². The molecule has 0 radical (unpaired) electrons. The van der Waals surface area contributed by atoms with E-state index in [9.17, 15) is 10.2 Å². The Bertz CT molecular complexity index is 813. The average molecular weight is 538 g/mol. The van der Waals surface area contributed by atoms with Gasteiger partial charge in [0, 0.05) is 31.5 Å². The van der Waals surface area contributed by atoms with E-state index < -0.39 is 5.41 Å². The molecule has 0 fully saturated rings. The van der Waals surface area contributed by atoms with E-state index in [0.29, 0.717) is 44.4 Å². The maximum Gasteiger partial charge on any atom is 0.156 e. The predicted octanol–water partition coefficient (Wildman–Crippen LogP) is 7.71. The van der Waals surface area contributed by atoms with Crippen LogP contribution in [-0.2, 0) is 5.41 Å². The molecule has 0 bridgehead atoms. The summed E-state index contributed by atoms with van der Waals surface area (Å²) in [6, 6.07) is 7.31. The zero-order valence-electron chi connectivity index (χ0n) is 19.4. The number of benzene rings is 2. The molecule has 0 aromatic heterocycles. The van der Waals surface area contributed by atoms with Crippen molar-refractivity contribution < 1.29 is 19.7 Å². The molecule has 184 valence electrons. The van der Waals surface area contributed by atoms with E-state index in [2.05, 4.69) is 0 Å². The van der Waals surface area contributed by atoms with Crippen molar-refractivity contribution in [2.24, 2.45) is 0 Å². The van der Waals surface area contributed by atoms with Crippen LogP contribution >= 0.6 is 46.4 Å². The molecule has 0 saturated carbocycles. The summed E-state index contributed by atoms with van der Waals surface area (Å²) in [4.78, 5) is 0. The highest BCUT2D eigenvalue weighted by molar-refractivity contribution is 6.38. The summed E-state index contributed by atoms with van der Waals surface area (Å²) >= 11 is 26.2. The third-order valence-corrected chi connectivity index (χ3v) is 6.94. The van der Waals surface area contributed by atoms with E-state index in [1.807, 2.05) is 52.0 Å². The highest BCUT2D eigenvalue weighted by atomic mass is 35.5. The molecule has 33 heavy (non-hydrogen) atoms. The van der Waals surface area contributed by atoms with Gasteiger partial charge in [-0.25, -0.2) is 0 Å². The fourth-order valence-corrected chi connectivity index (χ4v) is 4.70. The summed E-state index contributed by atoms with van der Waals surface area (Å²) in [7, 11) is 0. The molecule has 0 aliphatic carbocycles. The number of ether oxygens (including phenoxy) is 2. The molecule has 0 amide bonds. The third kappa shape index (κ3) is 7.06. The van der Waals surface area contributed by atoms with Gasteiger partial charge in [0.1, 0.15) is 12.2 Å². The molecular formula is C25H32Cl4O4.